The number of hydrogen-bond donors (Lipinski definition) is 0. The van der Waals surface area contributed by atoms with Crippen LogP contribution in [0.1, 0.15) is 12.3 Å². The topological polar surface area (TPSA) is 43.1 Å². The van der Waals surface area contributed by atoms with Gasteiger partial charge in [-0.3, -0.25) is 4.79 Å². The van der Waals surface area contributed by atoms with Gasteiger partial charge in [-0.05, 0) is 6.08 Å². The smallest absolute Gasteiger partial charge is 0.229 e. The standard InChI is InChI=1S/C9H7NO2/c11-8-4-2-1-3-7(8)9-10-5-6-12-9/h1-3,5-6H,4H2. The van der Waals surface area contributed by atoms with Crippen molar-refractivity contribution < 1.29 is 9.21 Å². The van der Waals surface area contributed by atoms with Gasteiger partial charge in [0, 0.05) is 6.42 Å². The molecule has 0 N–H and O–H groups in total. The van der Waals surface area contributed by atoms with Crippen molar-refractivity contribution in [2.75, 3.05) is 0 Å². The number of hydrogen-bond acceptors (Lipinski definition) is 3. The summed E-state index contributed by atoms with van der Waals surface area (Å²) >= 11 is 0. The summed E-state index contributed by atoms with van der Waals surface area (Å²) in [6.45, 7) is 0. The van der Waals surface area contributed by atoms with Crippen LogP contribution in [0, 0.1) is 0 Å². The van der Waals surface area contributed by atoms with Crippen molar-refractivity contribution in [2.45, 2.75) is 6.42 Å². The summed E-state index contributed by atoms with van der Waals surface area (Å²) in [6.07, 6.45) is 8.80. The Labute approximate surface area is 69.4 Å². The van der Waals surface area contributed by atoms with Gasteiger partial charge in [-0.15, -0.1) is 0 Å². The molecule has 2 rings (SSSR count). The van der Waals surface area contributed by atoms with Crippen LogP contribution < -0.4 is 0 Å². The van der Waals surface area contributed by atoms with Crippen molar-refractivity contribution in [1.82, 2.24) is 4.98 Å². The zero-order valence-corrected chi connectivity index (χ0v) is 6.36. The lowest BCUT2D eigenvalue weighted by molar-refractivity contribution is -0.113. The Morgan fingerprint density at radius 3 is 3.08 bits per heavy atom. The maximum absolute atomic E-state index is 11.3. The van der Waals surface area contributed by atoms with Gasteiger partial charge in [0.15, 0.2) is 5.78 Å². The minimum Gasteiger partial charge on any atom is -0.444 e. The SMILES string of the molecule is O=C1CC=CC=C1c1ncco1. The van der Waals surface area contributed by atoms with Crippen molar-refractivity contribution >= 4 is 11.4 Å². The van der Waals surface area contributed by atoms with Crippen LogP contribution in [0.2, 0.25) is 0 Å². The van der Waals surface area contributed by atoms with Crippen LogP contribution in [-0.4, -0.2) is 10.8 Å². The molecule has 0 amide bonds. The van der Waals surface area contributed by atoms with E-state index in [1.165, 1.54) is 12.5 Å². The average Bonchev–Trinajstić information content (AvgIpc) is 2.57. The lowest BCUT2D eigenvalue weighted by Gasteiger charge is -2.02. The number of Topliss-reactive ketones (excluding diaryl/α,β-unsaturated/α-hetero) is 1. The second-order valence-corrected chi connectivity index (χ2v) is 2.47. The van der Waals surface area contributed by atoms with Crippen LogP contribution in [0.25, 0.3) is 5.57 Å². The molecule has 1 heterocycles. The molecule has 0 aliphatic heterocycles. The van der Waals surface area contributed by atoms with Crippen LogP contribution in [0.5, 0.6) is 0 Å². The summed E-state index contributed by atoms with van der Waals surface area (Å²) in [5.41, 5.74) is 0.558. The minimum atomic E-state index is 0.0555. The summed E-state index contributed by atoms with van der Waals surface area (Å²) < 4.78 is 5.01. The van der Waals surface area contributed by atoms with Gasteiger partial charge in [0.05, 0.1) is 11.8 Å². The molecule has 3 nitrogen and oxygen atoms in total. The van der Waals surface area contributed by atoms with Crippen LogP contribution in [0.15, 0.2) is 35.1 Å². The maximum Gasteiger partial charge on any atom is 0.229 e. The first-order chi connectivity index (χ1) is 5.88. The largest absolute Gasteiger partial charge is 0.444 e. The molecule has 0 unspecified atom stereocenters. The third-order valence-electron chi connectivity index (χ3n) is 1.67. The third kappa shape index (κ3) is 1.09. The minimum absolute atomic E-state index is 0.0555. The van der Waals surface area contributed by atoms with Gasteiger partial charge in [0.2, 0.25) is 5.89 Å². The van der Waals surface area contributed by atoms with Crippen molar-refractivity contribution in [3.63, 3.8) is 0 Å². The fourth-order valence-corrected chi connectivity index (χ4v) is 1.09. The van der Waals surface area contributed by atoms with E-state index in [0.29, 0.717) is 17.9 Å². The average molecular weight is 161 g/mol. The predicted molar refractivity (Wildman–Crippen MR) is 43.2 cm³/mol. The highest BCUT2D eigenvalue weighted by Crippen LogP contribution is 2.18. The van der Waals surface area contributed by atoms with Gasteiger partial charge in [-0.1, -0.05) is 12.2 Å². The van der Waals surface area contributed by atoms with E-state index in [-0.39, 0.29) is 5.78 Å². The van der Waals surface area contributed by atoms with Gasteiger partial charge in [-0.2, -0.15) is 0 Å². The van der Waals surface area contributed by atoms with Crippen molar-refractivity contribution in [2.24, 2.45) is 0 Å². The number of allylic oxidation sites excluding steroid dienone is 4. The van der Waals surface area contributed by atoms with E-state index in [0.717, 1.165) is 0 Å². The van der Waals surface area contributed by atoms with Gasteiger partial charge in [0.25, 0.3) is 0 Å². The van der Waals surface area contributed by atoms with Crippen molar-refractivity contribution in [1.29, 1.82) is 0 Å². The fraction of sp³-hybridized carbons (Fsp3) is 0.111. The zero-order chi connectivity index (χ0) is 8.39. The highest BCUT2D eigenvalue weighted by Gasteiger charge is 2.15. The molecular weight excluding hydrogens is 154 g/mol. The molecular formula is C9H7NO2. The molecule has 0 saturated heterocycles. The van der Waals surface area contributed by atoms with Crippen LogP contribution in [0.3, 0.4) is 0 Å². The molecule has 0 radical (unpaired) electrons. The lowest BCUT2D eigenvalue weighted by atomic mass is 10.0. The molecule has 60 valence electrons. The number of rotatable bonds is 1. The Balaban J connectivity index is 2.40. The molecule has 0 saturated carbocycles. The second kappa shape index (κ2) is 2.77. The second-order valence-electron chi connectivity index (χ2n) is 2.47. The number of carbonyl (C=O) groups is 1. The summed E-state index contributed by atoms with van der Waals surface area (Å²) in [7, 11) is 0. The van der Waals surface area contributed by atoms with Crippen LogP contribution in [-0.2, 0) is 4.79 Å². The van der Waals surface area contributed by atoms with Gasteiger partial charge in [-0.25, -0.2) is 4.98 Å². The molecule has 0 bridgehead atoms. The number of ketones is 1. The number of carbonyl (C=O) groups excluding carboxylic acids is 1. The van der Waals surface area contributed by atoms with Gasteiger partial charge in [0.1, 0.15) is 6.26 Å². The summed E-state index contributed by atoms with van der Waals surface area (Å²) in [5.74, 6) is 0.462. The molecule has 0 atom stereocenters. The first-order valence-electron chi connectivity index (χ1n) is 3.68. The Kier molecular flexibility index (Phi) is 1.63. The van der Waals surface area contributed by atoms with Gasteiger partial charge >= 0.3 is 0 Å². The fourth-order valence-electron chi connectivity index (χ4n) is 1.09. The van der Waals surface area contributed by atoms with E-state index in [1.54, 1.807) is 6.08 Å². The summed E-state index contributed by atoms with van der Waals surface area (Å²) in [4.78, 5) is 15.2. The van der Waals surface area contributed by atoms with Crippen LogP contribution in [0.4, 0.5) is 0 Å². The third-order valence-corrected chi connectivity index (χ3v) is 1.67. The zero-order valence-electron chi connectivity index (χ0n) is 6.36. The Bertz CT molecular complexity index is 347. The first kappa shape index (κ1) is 7.03. The number of oxazole rings is 1. The highest BCUT2D eigenvalue weighted by atomic mass is 16.3. The molecule has 0 spiro atoms. The van der Waals surface area contributed by atoms with Crippen LogP contribution >= 0.6 is 0 Å². The molecule has 3 heteroatoms. The Morgan fingerprint density at radius 2 is 2.42 bits per heavy atom. The van der Waals surface area contributed by atoms with E-state index in [9.17, 15) is 4.79 Å². The van der Waals surface area contributed by atoms with E-state index < -0.39 is 0 Å². The summed E-state index contributed by atoms with van der Waals surface area (Å²) in [5, 5.41) is 0. The Hall–Kier alpha value is -1.64. The lowest BCUT2D eigenvalue weighted by Crippen LogP contribution is -2.02. The van der Waals surface area contributed by atoms with E-state index in [2.05, 4.69) is 4.98 Å². The number of nitrogens with zero attached hydrogens (tertiary/aromatic N) is 1. The quantitative estimate of drug-likeness (QED) is 0.628. The van der Waals surface area contributed by atoms with E-state index >= 15 is 0 Å². The highest BCUT2D eigenvalue weighted by molar-refractivity contribution is 6.20. The normalized spacial score (nSPS) is 16.3. The summed E-state index contributed by atoms with van der Waals surface area (Å²) in [6, 6.07) is 0. The maximum atomic E-state index is 11.3. The number of aromatic nitrogens is 1. The molecule has 1 aliphatic rings. The van der Waals surface area contributed by atoms with Crippen molar-refractivity contribution in [3.8, 4) is 0 Å². The van der Waals surface area contributed by atoms with E-state index in [1.807, 2.05) is 12.2 Å². The first-order valence-corrected chi connectivity index (χ1v) is 3.68. The molecule has 1 aromatic heterocycles. The molecule has 1 aromatic rings. The van der Waals surface area contributed by atoms with E-state index in [4.69, 9.17) is 4.42 Å². The predicted octanol–water partition coefficient (Wildman–Crippen LogP) is 1.59. The van der Waals surface area contributed by atoms with Gasteiger partial charge < -0.3 is 4.42 Å². The Morgan fingerprint density at radius 1 is 1.50 bits per heavy atom. The molecule has 12 heavy (non-hydrogen) atoms. The molecule has 0 fully saturated rings. The molecule has 0 aromatic carbocycles. The monoisotopic (exact) mass is 161 g/mol. The van der Waals surface area contributed by atoms with Crippen molar-refractivity contribution in [3.05, 3.63) is 36.6 Å². The molecule has 1 aliphatic carbocycles.